The van der Waals surface area contributed by atoms with Crippen molar-refractivity contribution in [2.75, 3.05) is 27.3 Å². The molecule has 0 aliphatic carbocycles. The number of benzene rings is 2. The molecule has 1 atom stereocenters. The van der Waals surface area contributed by atoms with Gasteiger partial charge in [0, 0.05) is 5.56 Å². The predicted octanol–water partition coefficient (Wildman–Crippen LogP) is 2.28. The number of methoxy groups -OCH3 is 2. The number of hydrogen-bond acceptors (Lipinski definition) is 5. The number of hydrogen-bond donors (Lipinski definition) is 1. The average molecular weight is 427 g/mol. The Morgan fingerprint density at radius 2 is 1.77 bits per heavy atom. The minimum absolute atomic E-state index is 0.0391. The Kier molecular flexibility index (Phi) is 6.46. The van der Waals surface area contributed by atoms with Crippen molar-refractivity contribution in [3.05, 3.63) is 65.2 Å². The molecule has 1 fully saturated rings. The fraction of sp³-hybridized carbons (Fsp3) is 0.435. The van der Waals surface area contributed by atoms with Crippen LogP contribution in [0.25, 0.3) is 0 Å². The molecule has 2 heterocycles. The van der Waals surface area contributed by atoms with E-state index >= 15 is 0 Å². The molecule has 7 nitrogen and oxygen atoms in total. The van der Waals surface area contributed by atoms with Gasteiger partial charge >= 0.3 is 0 Å². The first-order valence-electron chi connectivity index (χ1n) is 10.7. The van der Waals surface area contributed by atoms with Gasteiger partial charge < -0.3 is 14.4 Å². The van der Waals surface area contributed by atoms with Crippen LogP contribution in [0, 0.1) is 11.7 Å². The summed E-state index contributed by atoms with van der Waals surface area (Å²) in [7, 11) is 3.28. The van der Waals surface area contributed by atoms with E-state index < -0.39 is 0 Å². The minimum Gasteiger partial charge on any atom is -0.493 e. The van der Waals surface area contributed by atoms with Gasteiger partial charge in [0.1, 0.15) is 5.82 Å². The molecular formula is C23H29FN5O2+. The number of rotatable bonds is 7. The number of halogens is 1. The zero-order chi connectivity index (χ0) is 21.8. The molecule has 3 aromatic rings. The van der Waals surface area contributed by atoms with Gasteiger partial charge in [-0.3, -0.25) is 0 Å². The average Bonchev–Trinajstić information content (AvgIpc) is 3.24. The zero-order valence-corrected chi connectivity index (χ0v) is 18.2. The number of likely N-dealkylation sites (tertiary alicyclic amines) is 1. The summed E-state index contributed by atoms with van der Waals surface area (Å²) < 4.78 is 26.1. The molecule has 0 bridgehead atoms. The van der Waals surface area contributed by atoms with E-state index in [0.717, 1.165) is 36.0 Å². The first-order chi connectivity index (χ1) is 15.1. The molecule has 8 heteroatoms. The lowest BCUT2D eigenvalue weighted by atomic mass is 9.95. The third-order valence-corrected chi connectivity index (χ3v) is 6.13. The Hall–Kier alpha value is -3.00. The topological polar surface area (TPSA) is 66.5 Å². The molecule has 1 saturated heterocycles. The van der Waals surface area contributed by atoms with E-state index in [1.165, 1.54) is 29.9 Å². The van der Waals surface area contributed by atoms with Crippen molar-refractivity contribution in [3.8, 4) is 11.5 Å². The van der Waals surface area contributed by atoms with E-state index in [9.17, 15) is 4.39 Å². The number of quaternary nitrogens is 1. The standard InChI is InChI=1S/C23H28FN5O2/c1-16-10-12-28(13-11-16)22(18-6-9-20(30-2)21(14-18)31-3)23-25-26-27-29(23)15-17-4-7-19(24)8-5-17/h4-9,14,16,22H,10-13,15H2,1-3H3/p+1/t22-/m1/s1. The molecule has 4 rings (SSSR count). The van der Waals surface area contributed by atoms with E-state index in [-0.39, 0.29) is 11.9 Å². The van der Waals surface area contributed by atoms with Crippen molar-refractivity contribution < 1.29 is 18.8 Å². The quantitative estimate of drug-likeness (QED) is 0.628. The van der Waals surface area contributed by atoms with Crippen molar-refractivity contribution in [3.63, 3.8) is 0 Å². The van der Waals surface area contributed by atoms with E-state index in [1.807, 2.05) is 16.8 Å². The van der Waals surface area contributed by atoms with Crippen LogP contribution in [0.1, 0.15) is 42.8 Å². The molecule has 1 aliphatic heterocycles. The molecule has 0 saturated carbocycles. The van der Waals surface area contributed by atoms with Crippen LogP contribution in [0.4, 0.5) is 4.39 Å². The number of ether oxygens (including phenoxy) is 2. The van der Waals surface area contributed by atoms with Gasteiger partial charge in [-0.2, -0.15) is 0 Å². The highest BCUT2D eigenvalue weighted by Gasteiger charge is 2.34. The largest absolute Gasteiger partial charge is 0.493 e. The summed E-state index contributed by atoms with van der Waals surface area (Å²) in [4.78, 5) is 1.43. The highest BCUT2D eigenvalue weighted by molar-refractivity contribution is 5.44. The maximum atomic E-state index is 13.3. The minimum atomic E-state index is -0.254. The highest BCUT2D eigenvalue weighted by atomic mass is 19.1. The van der Waals surface area contributed by atoms with Gasteiger partial charge in [0.15, 0.2) is 17.5 Å². The Labute approximate surface area is 181 Å². The van der Waals surface area contributed by atoms with E-state index in [2.05, 4.69) is 28.5 Å². The third kappa shape index (κ3) is 4.69. The first-order valence-corrected chi connectivity index (χ1v) is 10.7. The normalized spacial score (nSPS) is 19.7. The SMILES string of the molecule is COc1ccc([C@H](c2nnnn2Cc2ccc(F)cc2)[NH+]2CCC(C)CC2)cc1OC. The molecule has 2 aromatic carbocycles. The number of nitrogens with one attached hydrogen (secondary N) is 1. The molecule has 1 N–H and O–H groups in total. The highest BCUT2D eigenvalue weighted by Crippen LogP contribution is 2.31. The van der Waals surface area contributed by atoms with Crippen LogP contribution in [0.3, 0.4) is 0 Å². The van der Waals surface area contributed by atoms with Crippen LogP contribution in [-0.2, 0) is 6.54 Å². The number of nitrogens with zero attached hydrogens (tertiary/aromatic N) is 4. The summed E-state index contributed by atoms with van der Waals surface area (Å²) in [5, 5.41) is 12.7. The maximum absolute atomic E-state index is 13.3. The third-order valence-electron chi connectivity index (χ3n) is 6.13. The van der Waals surface area contributed by atoms with Gasteiger partial charge in [0.2, 0.25) is 5.82 Å². The van der Waals surface area contributed by atoms with Crippen LogP contribution in [0.5, 0.6) is 11.5 Å². The fourth-order valence-corrected chi connectivity index (χ4v) is 4.32. The van der Waals surface area contributed by atoms with Gasteiger partial charge in [-0.25, -0.2) is 9.07 Å². The molecule has 31 heavy (non-hydrogen) atoms. The van der Waals surface area contributed by atoms with E-state index in [1.54, 1.807) is 26.4 Å². The van der Waals surface area contributed by atoms with Gasteiger partial charge in [0.05, 0.1) is 33.9 Å². The van der Waals surface area contributed by atoms with Crippen molar-refractivity contribution >= 4 is 0 Å². The van der Waals surface area contributed by atoms with Gasteiger partial charge in [0.25, 0.3) is 0 Å². The number of aromatic nitrogens is 4. The second kappa shape index (κ2) is 9.43. The molecule has 0 unspecified atom stereocenters. The van der Waals surface area contributed by atoms with Crippen LogP contribution < -0.4 is 14.4 Å². The Morgan fingerprint density at radius 1 is 1.06 bits per heavy atom. The Morgan fingerprint density at radius 3 is 2.45 bits per heavy atom. The lowest BCUT2D eigenvalue weighted by molar-refractivity contribution is -0.932. The predicted molar refractivity (Wildman–Crippen MR) is 114 cm³/mol. The summed E-state index contributed by atoms with van der Waals surface area (Å²) in [6.07, 6.45) is 2.33. The molecule has 0 spiro atoms. The van der Waals surface area contributed by atoms with Crippen molar-refractivity contribution in [2.45, 2.75) is 32.4 Å². The monoisotopic (exact) mass is 426 g/mol. The van der Waals surface area contributed by atoms with Gasteiger partial charge in [-0.1, -0.05) is 19.1 Å². The van der Waals surface area contributed by atoms with Crippen molar-refractivity contribution in [2.24, 2.45) is 5.92 Å². The first kappa shape index (κ1) is 21.2. The van der Waals surface area contributed by atoms with Gasteiger partial charge in [-0.15, -0.1) is 5.10 Å². The van der Waals surface area contributed by atoms with Crippen LogP contribution in [0.15, 0.2) is 42.5 Å². The van der Waals surface area contributed by atoms with E-state index in [4.69, 9.17) is 9.47 Å². The smallest absolute Gasteiger partial charge is 0.214 e. The summed E-state index contributed by atoms with van der Waals surface area (Å²) in [6, 6.07) is 12.4. The molecule has 1 aliphatic rings. The molecule has 1 aromatic heterocycles. The second-order valence-electron chi connectivity index (χ2n) is 8.21. The van der Waals surface area contributed by atoms with Crippen LogP contribution in [-0.4, -0.2) is 47.5 Å². The Balaban J connectivity index is 1.72. The lowest BCUT2D eigenvalue weighted by Gasteiger charge is -2.33. The van der Waals surface area contributed by atoms with Gasteiger partial charge in [-0.05, 0) is 65.1 Å². The number of tetrazole rings is 1. The summed E-state index contributed by atoms with van der Waals surface area (Å²) in [5.74, 6) is 2.65. The number of piperidine rings is 1. The maximum Gasteiger partial charge on any atom is 0.214 e. The summed E-state index contributed by atoms with van der Waals surface area (Å²) in [5.41, 5.74) is 2.03. The second-order valence-corrected chi connectivity index (χ2v) is 8.21. The molecular weight excluding hydrogens is 397 g/mol. The van der Waals surface area contributed by atoms with Crippen molar-refractivity contribution in [1.29, 1.82) is 0 Å². The molecule has 0 amide bonds. The zero-order valence-electron chi connectivity index (χ0n) is 18.2. The lowest BCUT2D eigenvalue weighted by Crippen LogP contribution is -3.13. The fourth-order valence-electron chi connectivity index (χ4n) is 4.32. The van der Waals surface area contributed by atoms with Crippen LogP contribution >= 0.6 is 0 Å². The van der Waals surface area contributed by atoms with E-state index in [0.29, 0.717) is 18.0 Å². The summed E-state index contributed by atoms with van der Waals surface area (Å²) >= 11 is 0. The van der Waals surface area contributed by atoms with Crippen molar-refractivity contribution in [1.82, 2.24) is 20.2 Å². The summed E-state index contributed by atoms with van der Waals surface area (Å²) in [6.45, 7) is 4.88. The van der Waals surface area contributed by atoms with Crippen LogP contribution in [0.2, 0.25) is 0 Å². The Bertz CT molecular complexity index is 999. The molecule has 164 valence electrons. The molecule has 0 radical (unpaired) electrons.